The Balaban J connectivity index is 2.55. The number of carbonyl (C=O) groups excluding carboxylic acids is 1. The van der Waals surface area contributed by atoms with Crippen molar-refractivity contribution < 1.29 is 14.4 Å². The van der Waals surface area contributed by atoms with E-state index in [9.17, 15) is 4.79 Å². The molecule has 0 saturated heterocycles. The largest absolute Gasteiger partial charge is 0.495 e. The van der Waals surface area contributed by atoms with Gasteiger partial charge in [-0.05, 0) is 17.7 Å². The van der Waals surface area contributed by atoms with Crippen LogP contribution in [0.4, 0.5) is 0 Å². The number of nitrogens with two attached hydrogens (primary N) is 1. The van der Waals surface area contributed by atoms with E-state index >= 15 is 0 Å². The number of ether oxygens (including phenoxy) is 1. The van der Waals surface area contributed by atoms with Crippen molar-refractivity contribution in [2.45, 2.75) is 6.54 Å². The van der Waals surface area contributed by atoms with Crippen molar-refractivity contribution in [3.8, 4) is 11.8 Å². The van der Waals surface area contributed by atoms with Crippen LogP contribution in [0.25, 0.3) is 0 Å². The number of nitriles is 1. The van der Waals surface area contributed by atoms with Gasteiger partial charge < -0.3 is 10.5 Å². The molecule has 0 aliphatic rings. The highest BCUT2D eigenvalue weighted by Crippen LogP contribution is 2.18. The number of nitrogens with zero attached hydrogens (tertiary/aromatic N) is 1. The third-order valence-corrected chi connectivity index (χ3v) is 1.98. The van der Waals surface area contributed by atoms with E-state index in [-0.39, 0.29) is 6.61 Å². The molecule has 1 amide bonds. The van der Waals surface area contributed by atoms with Crippen molar-refractivity contribution in [3.63, 3.8) is 0 Å². The predicted molar refractivity (Wildman–Crippen MR) is 59.7 cm³/mol. The summed E-state index contributed by atoms with van der Waals surface area (Å²) in [5.74, 6) is -0.0285. The van der Waals surface area contributed by atoms with Crippen LogP contribution in [0.1, 0.15) is 11.1 Å². The molecule has 17 heavy (non-hydrogen) atoms. The lowest BCUT2D eigenvalue weighted by atomic mass is 10.1. The van der Waals surface area contributed by atoms with Gasteiger partial charge in [-0.15, -0.1) is 0 Å². The molecule has 0 aliphatic carbocycles. The molecule has 6 nitrogen and oxygen atoms in total. The number of benzene rings is 1. The number of hydroxylamine groups is 1. The molecule has 6 heteroatoms. The highest BCUT2D eigenvalue weighted by atomic mass is 16.6. The third-order valence-electron chi connectivity index (χ3n) is 1.98. The van der Waals surface area contributed by atoms with E-state index in [2.05, 4.69) is 5.48 Å². The first kappa shape index (κ1) is 13.0. The molecule has 0 aliphatic heterocycles. The van der Waals surface area contributed by atoms with Crippen LogP contribution in [0, 0.1) is 11.3 Å². The maximum Gasteiger partial charge on any atom is 0.245 e. The number of hydrogen-bond acceptors (Lipinski definition) is 5. The van der Waals surface area contributed by atoms with Crippen molar-refractivity contribution in [2.75, 3.05) is 13.7 Å². The summed E-state index contributed by atoms with van der Waals surface area (Å²) in [6, 6.07) is 7.20. The number of methoxy groups -OCH3 is 1. The fourth-order valence-corrected chi connectivity index (χ4v) is 1.21. The fourth-order valence-electron chi connectivity index (χ4n) is 1.21. The number of carbonyl (C=O) groups is 1. The summed E-state index contributed by atoms with van der Waals surface area (Å²) in [4.78, 5) is 15.2. The Labute approximate surface area is 98.9 Å². The normalized spacial score (nSPS) is 9.65. The lowest BCUT2D eigenvalue weighted by molar-refractivity contribution is -0.125. The summed E-state index contributed by atoms with van der Waals surface area (Å²) in [7, 11) is 1.50. The van der Waals surface area contributed by atoms with Gasteiger partial charge in [-0.3, -0.25) is 9.63 Å². The first-order valence-corrected chi connectivity index (χ1v) is 4.87. The van der Waals surface area contributed by atoms with Gasteiger partial charge in [0.2, 0.25) is 5.91 Å². The third kappa shape index (κ3) is 4.10. The Morgan fingerprint density at radius 1 is 1.59 bits per heavy atom. The van der Waals surface area contributed by atoms with E-state index in [1.165, 1.54) is 7.11 Å². The van der Waals surface area contributed by atoms with Gasteiger partial charge in [-0.2, -0.15) is 10.7 Å². The molecular weight excluding hydrogens is 222 g/mol. The number of primary amides is 1. The first-order chi connectivity index (χ1) is 8.17. The molecule has 0 unspecified atom stereocenters. The van der Waals surface area contributed by atoms with Gasteiger partial charge in [-0.25, -0.2) is 0 Å². The average Bonchev–Trinajstić information content (AvgIpc) is 2.34. The molecule has 3 N–H and O–H groups in total. The fraction of sp³-hybridized carbons (Fsp3) is 0.273. The van der Waals surface area contributed by atoms with Crippen molar-refractivity contribution in [3.05, 3.63) is 29.3 Å². The molecule has 1 aromatic carbocycles. The van der Waals surface area contributed by atoms with Crippen LogP contribution in [0.15, 0.2) is 18.2 Å². The summed E-state index contributed by atoms with van der Waals surface area (Å²) in [5.41, 5.74) is 8.75. The van der Waals surface area contributed by atoms with Gasteiger partial charge >= 0.3 is 0 Å². The maximum atomic E-state index is 10.4. The average molecular weight is 235 g/mol. The number of amides is 1. The van der Waals surface area contributed by atoms with E-state index in [4.69, 9.17) is 20.6 Å². The molecule has 0 heterocycles. The quantitative estimate of drug-likeness (QED) is 0.537. The molecule has 1 rings (SSSR count). The zero-order valence-electron chi connectivity index (χ0n) is 9.40. The standard InChI is InChI=1S/C11H13N3O3/c1-16-10-3-2-8(4-9(10)5-12)6-14-17-7-11(13)15/h2-4,14H,6-7H2,1H3,(H2,13,15). The number of rotatable bonds is 6. The van der Waals surface area contributed by atoms with Gasteiger partial charge in [0.05, 0.1) is 12.7 Å². The molecule has 0 saturated carbocycles. The summed E-state index contributed by atoms with van der Waals surface area (Å²) in [5, 5.41) is 8.88. The van der Waals surface area contributed by atoms with Crippen LogP contribution in [0.5, 0.6) is 5.75 Å². The van der Waals surface area contributed by atoms with E-state index in [0.29, 0.717) is 17.9 Å². The molecular formula is C11H13N3O3. The monoisotopic (exact) mass is 235 g/mol. The molecule has 90 valence electrons. The van der Waals surface area contributed by atoms with Crippen molar-refractivity contribution >= 4 is 5.91 Å². The number of hydrogen-bond donors (Lipinski definition) is 2. The van der Waals surface area contributed by atoms with Crippen molar-refractivity contribution in [1.29, 1.82) is 5.26 Å². The molecule has 0 radical (unpaired) electrons. The molecule has 0 spiro atoms. The highest BCUT2D eigenvalue weighted by molar-refractivity contribution is 5.74. The Bertz CT molecular complexity index is 440. The van der Waals surface area contributed by atoms with Crippen LogP contribution in [0.2, 0.25) is 0 Å². The predicted octanol–water partition coefficient (Wildman–Crippen LogP) is 0.0734. The molecule has 0 fully saturated rings. The van der Waals surface area contributed by atoms with Gasteiger partial charge in [0.1, 0.15) is 18.4 Å². The van der Waals surface area contributed by atoms with E-state index in [1.54, 1.807) is 18.2 Å². The summed E-state index contributed by atoms with van der Waals surface area (Å²) in [6.45, 7) is 0.174. The van der Waals surface area contributed by atoms with Gasteiger partial charge in [0.15, 0.2) is 0 Å². The molecule has 1 aromatic rings. The van der Waals surface area contributed by atoms with Crippen molar-refractivity contribution in [1.82, 2.24) is 5.48 Å². The second-order valence-electron chi connectivity index (χ2n) is 3.22. The molecule has 0 atom stereocenters. The maximum absolute atomic E-state index is 10.4. The topological polar surface area (TPSA) is 97.4 Å². The van der Waals surface area contributed by atoms with Crippen LogP contribution in [-0.2, 0) is 16.2 Å². The second kappa shape index (κ2) is 6.48. The lowest BCUT2D eigenvalue weighted by Crippen LogP contribution is -2.24. The van der Waals surface area contributed by atoms with E-state index < -0.39 is 5.91 Å². The molecule has 0 aromatic heterocycles. The zero-order chi connectivity index (χ0) is 12.7. The van der Waals surface area contributed by atoms with Crippen LogP contribution >= 0.6 is 0 Å². The second-order valence-corrected chi connectivity index (χ2v) is 3.22. The van der Waals surface area contributed by atoms with Gasteiger partial charge in [0, 0.05) is 6.54 Å². The minimum absolute atomic E-state index is 0.193. The summed E-state index contributed by atoms with van der Waals surface area (Å²) in [6.07, 6.45) is 0. The summed E-state index contributed by atoms with van der Waals surface area (Å²) < 4.78 is 5.01. The Hall–Kier alpha value is -2.10. The number of nitrogens with one attached hydrogen (secondary N) is 1. The Morgan fingerprint density at radius 2 is 2.35 bits per heavy atom. The molecule has 0 bridgehead atoms. The van der Waals surface area contributed by atoms with Gasteiger partial charge in [-0.1, -0.05) is 6.07 Å². The Morgan fingerprint density at radius 3 is 2.94 bits per heavy atom. The minimum Gasteiger partial charge on any atom is -0.495 e. The zero-order valence-corrected chi connectivity index (χ0v) is 9.40. The summed E-state index contributed by atoms with van der Waals surface area (Å²) >= 11 is 0. The first-order valence-electron chi connectivity index (χ1n) is 4.87. The van der Waals surface area contributed by atoms with Crippen LogP contribution in [-0.4, -0.2) is 19.6 Å². The highest BCUT2D eigenvalue weighted by Gasteiger charge is 2.03. The SMILES string of the molecule is COc1ccc(CNOCC(N)=O)cc1C#N. The Kier molecular flexibility index (Phi) is 4.94. The van der Waals surface area contributed by atoms with Gasteiger partial charge in [0.25, 0.3) is 0 Å². The van der Waals surface area contributed by atoms with E-state index in [1.807, 2.05) is 6.07 Å². The minimum atomic E-state index is -0.551. The van der Waals surface area contributed by atoms with E-state index in [0.717, 1.165) is 5.56 Å². The van der Waals surface area contributed by atoms with Crippen LogP contribution in [0.3, 0.4) is 0 Å². The lowest BCUT2D eigenvalue weighted by Gasteiger charge is -2.07. The van der Waals surface area contributed by atoms with Crippen molar-refractivity contribution in [2.24, 2.45) is 5.73 Å². The van der Waals surface area contributed by atoms with Crippen LogP contribution < -0.4 is 16.0 Å². The smallest absolute Gasteiger partial charge is 0.245 e.